The summed E-state index contributed by atoms with van der Waals surface area (Å²) in [6.45, 7) is 0. The molecule has 0 N–H and O–H groups in total. The SMILES string of the molecule is FC(F)(F)C1(F)OOC(F)(C(F)(F)C(F)(F)C(F)(F)C(F)(F)C(F)(F)F)O1. The van der Waals surface area contributed by atoms with Crippen LogP contribution in [0.5, 0.6) is 0 Å². The fraction of sp³-hybridized carbons (Fsp3) is 1.00. The van der Waals surface area contributed by atoms with E-state index in [1.54, 1.807) is 0 Å². The van der Waals surface area contributed by atoms with Crippen LogP contribution in [0.2, 0.25) is 0 Å². The zero-order chi connectivity index (χ0) is 22.1. The first-order valence-corrected chi connectivity index (χ1v) is 5.51. The Hall–Kier alpha value is -1.24. The van der Waals surface area contributed by atoms with Crippen LogP contribution in [0, 0.1) is 0 Å². The van der Waals surface area contributed by atoms with E-state index < -0.39 is 48.1 Å². The minimum absolute atomic E-state index is 2.05. The van der Waals surface area contributed by atoms with Crippen LogP contribution >= 0.6 is 0 Å². The number of ether oxygens (including phenoxy) is 1. The zero-order valence-electron chi connectivity index (χ0n) is 11.3. The number of halogens is 16. The van der Waals surface area contributed by atoms with Crippen molar-refractivity contribution in [2.24, 2.45) is 0 Å². The van der Waals surface area contributed by atoms with Gasteiger partial charge in [-0.2, -0.15) is 80.0 Å². The van der Waals surface area contributed by atoms with Crippen molar-refractivity contribution in [3.63, 3.8) is 0 Å². The lowest BCUT2D eigenvalue weighted by atomic mass is 9.97. The van der Waals surface area contributed by atoms with Gasteiger partial charge in [0.15, 0.2) is 0 Å². The van der Waals surface area contributed by atoms with Gasteiger partial charge in [-0.25, -0.2) is 4.74 Å². The number of hydrogen-bond donors (Lipinski definition) is 0. The Morgan fingerprint density at radius 1 is 0.481 bits per heavy atom. The van der Waals surface area contributed by atoms with Crippen molar-refractivity contribution in [3.8, 4) is 0 Å². The van der Waals surface area contributed by atoms with Gasteiger partial charge >= 0.3 is 48.1 Å². The quantitative estimate of drug-likeness (QED) is 0.454. The summed E-state index contributed by atoms with van der Waals surface area (Å²) in [5.74, 6) is -32.1. The van der Waals surface area contributed by atoms with Gasteiger partial charge in [-0.05, 0) is 0 Å². The molecule has 0 aromatic carbocycles. The molecule has 0 saturated carbocycles. The minimum atomic E-state index is -8.20. The van der Waals surface area contributed by atoms with Crippen LogP contribution < -0.4 is 0 Å². The van der Waals surface area contributed by atoms with E-state index in [0.29, 0.717) is 0 Å². The zero-order valence-corrected chi connectivity index (χ0v) is 11.3. The van der Waals surface area contributed by atoms with Crippen molar-refractivity contribution in [1.29, 1.82) is 0 Å². The Balaban J connectivity index is 3.45. The second kappa shape index (κ2) is 5.65. The maximum absolute atomic E-state index is 13.4. The third-order valence-corrected chi connectivity index (χ3v) is 2.77. The molecule has 3 nitrogen and oxygen atoms in total. The summed E-state index contributed by atoms with van der Waals surface area (Å²) in [6.07, 6.45) is -14.3. The average molecular weight is 448 g/mol. The normalized spacial score (nSPS) is 29.3. The summed E-state index contributed by atoms with van der Waals surface area (Å²) < 4.78 is 203. The van der Waals surface area contributed by atoms with E-state index in [-0.39, 0.29) is 0 Å². The van der Waals surface area contributed by atoms with E-state index in [1.165, 1.54) is 0 Å². The van der Waals surface area contributed by atoms with E-state index in [9.17, 15) is 70.2 Å². The summed E-state index contributed by atoms with van der Waals surface area (Å²) in [5, 5.41) is 0. The fourth-order valence-electron chi connectivity index (χ4n) is 1.29. The van der Waals surface area contributed by atoms with Crippen LogP contribution in [0.15, 0.2) is 0 Å². The van der Waals surface area contributed by atoms with Gasteiger partial charge in [0, 0.05) is 0 Å². The Bertz CT molecular complexity index is 579. The maximum atomic E-state index is 13.4. The highest BCUT2D eigenvalue weighted by molar-refractivity contribution is 5.09. The van der Waals surface area contributed by atoms with Gasteiger partial charge < -0.3 is 0 Å². The molecule has 0 spiro atoms. The Morgan fingerprint density at radius 3 is 1.15 bits per heavy atom. The highest BCUT2D eigenvalue weighted by atomic mass is 19.4. The van der Waals surface area contributed by atoms with Crippen molar-refractivity contribution in [3.05, 3.63) is 0 Å². The Kier molecular flexibility index (Phi) is 4.98. The summed E-state index contributed by atoms with van der Waals surface area (Å²) in [5.41, 5.74) is 0. The van der Waals surface area contributed by atoms with Gasteiger partial charge in [0.05, 0.1) is 0 Å². The van der Waals surface area contributed by atoms with Crippen molar-refractivity contribution in [2.75, 3.05) is 0 Å². The minimum Gasteiger partial charge on any atom is -0.246 e. The molecule has 1 aliphatic heterocycles. The summed E-state index contributed by atoms with van der Waals surface area (Å²) in [7, 11) is 0. The first kappa shape index (κ1) is 23.8. The molecule has 2 unspecified atom stereocenters. The third-order valence-electron chi connectivity index (χ3n) is 2.77. The molecular weight excluding hydrogens is 448 g/mol. The van der Waals surface area contributed by atoms with E-state index in [0.717, 1.165) is 0 Å². The number of alkyl halides is 16. The standard InChI is InChI=1S/C8F16O3/c9-1(10,3(13,14)5(17,18)19)2(11,12)4(15,16)7(23)25-8(24,27-26-7)6(20,21)22. The van der Waals surface area contributed by atoms with Crippen molar-refractivity contribution < 1.29 is 84.8 Å². The molecule has 1 fully saturated rings. The van der Waals surface area contributed by atoms with Crippen LogP contribution in [0.1, 0.15) is 0 Å². The van der Waals surface area contributed by atoms with Crippen molar-refractivity contribution in [2.45, 2.75) is 48.1 Å². The molecular formula is C8F16O3. The van der Waals surface area contributed by atoms with Crippen LogP contribution in [0.3, 0.4) is 0 Å². The first-order chi connectivity index (χ1) is 11.4. The molecule has 0 aromatic rings. The lowest BCUT2D eigenvalue weighted by molar-refractivity contribution is -0.495. The van der Waals surface area contributed by atoms with Crippen molar-refractivity contribution >= 4 is 0 Å². The average Bonchev–Trinajstić information content (AvgIpc) is 2.75. The van der Waals surface area contributed by atoms with E-state index in [4.69, 9.17) is 0 Å². The predicted octanol–water partition coefficient (Wildman–Crippen LogP) is 4.88. The van der Waals surface area contributed by atoms with Gasteiger partial charge in [-0.15, -0.1) is 0 Å². The number of hydrogen-bond acceptors (Lipinski definition) is 3. The molecule has 27 heavy (non-hydrogen) atoms. The van der Waals surface area contributed by atoms with Crippen LogP contribution in [0.25, 0.3) is 0 Å². The molecule has 19 heteroatoms. The summed E-state index contributed by atoms with van der Waals surface area (Å²) >= 11 is 0. The monoisotopic (exact) mass is 448 g/mol. The second-order valence-electron chi connectivity index (χ2n) is 4.63. The predicted molar refractivity (Wildman–Crippen MR) is 42.8 cm³/mol. The lowest BCUT2D eigenvalue weighted by Crippen LogP contribution is -2.71. The fourth-order valence-corrected chi connectivity index (χ4v) is 1.29. The molecule has 1 heterocycles. The Labute approximate surface area is 134 Å². The topological polar surface area (TPSA) is 27.7 Å². The van der Waals surface area contributed by atoms with Crippen molar-refractivity contribution in [1.82, 2.24) is 0 Å². The molecule has 1 saturated heterocycles. The molecule has 0 bridgehead atoms. The van der Waals surface area contributed by atoms with Gasteiger partial charge in [0.1, 0.15) is 0 Å². The van der Waals surface area contributed by atoms with Crippen LogP contribution in [-0.2, 0) is 14.5 Å². The summed E-state index contributed by atoms with van der Waals surface area (Å²) in [4.78, 5) is 4.36. The van der Waals surface area contributed by atoms with Crippen LogP contribution in [0.4, 0.5) is 70.2 Å². The largest absolute Gasteiger partial charge is 0.480 e. The molecule has 0 aromatic heterocycles. The van der Waals surface area contributed by atoms with Gasteiger partial charge in [-0.1, -0.05) is 0 Å². The van der Waals surface area contributed by atoms with E-state index in [1.807, 2.05) is 0 Å². The van der Waals surface area contributed by atoms with Gasteiger partial charge in [0.25, 0.3) is 0 Å². The lowest BCUT2D eigenvalue weighted by Gasteiger charge is -2.39. The first-order valence-electron chi connectivity index (χ1n) is 5.51. The summed E-state index contributed by atoms with van der Waals surface area (Å²) in [6, 6.07) is -12.9. The molecule has 0 radical (unpaired) electrons. The maximum Gasteiger partial charge on any atom is 0.480 e. The molecule has 0 aliphatic carbocycles. The highest BCUT2D eigenvalue weighted by Gasteiger charge is 2.93. The van der Waals surface area contributed by atoms with Gasteiger partial charge in [0.2, 0.25) is 0 Å². The smallest absolute Gasteiger partial charge is 0.246 e. The van der Waals surface area contributed by atoms with Crippen LogP contribution in [-0.4, -0.2) is 48.1 Å². The molecule has 162 valence electrons. The third kappa shape index (κ3) is 2.97. The van der Waals surface area contributed by atoms with E-state index >= 15 is 0 Å². The molecule has 1 aliphatic rings. The Morgan fingerprint density at radius 2 is 0.852 bits per heavy atom. The number of rotatable bonds is 4. The van der Waals surface area contributed by atoms with E-state index in [2.05, 4.69) is 14.5 Å². The highest BCUT2D eigenvalue weighted by Crippen LogP contribution is 2.62. The molecule has 2 atom stereocenters. The van der Waals surface area contributed by atoms with Gasteiger partial charge in [-0.3, -0.25) is 0 Å². The molecule has 1 rings (SSSR count). The molecule has 0 amide bonds. The second-order valence-corrected chi connectivity index (χ2v) is 4.63.